The molecule has 0 aromatic carbocycles. The van der Waals surface area contributed by atoms with Crippen molar-refractivity contribution in [1.29, 1.82) is 0 Å². The summed E-state index contributed by atoms with van der Waals surface area (Å²) >= 11 is 0. The van der Waals surface area contributed by atoms with Gasteiger partial charge in [0.1, 0.15) is 6.04 Å². The number of rotatable bonds is 7. The molecule has 4 heteroatoms. The monoisotopic (exact) mass is 212 g/mol. The van der Waals surface area contributed by atoms with E-state index in [1.54, 1.807) is 0 Å². The summed E-state index contributed by atoms with van der Waals surface area (Å²) in [5.41, 5.74) is 0. The second-order valence-corrected chi connectivity index (χ2v) is 4.65. The lowest BCUT2D eigenvalue weighted by Gasteiger charge is -2.24. The van der Waals surface area contributed by atoms with Crippen molar-refractivity contribution in [3.8, 4) is 0 Å². The van der Waals surface area contributed by atoms with Crippen LogP contribution in [0.3, 0.4) is 0 Å². The maximum absolute atomic E-state index is 11.1. The van der Waals surface area contributed by atoms with Gasteiger partial charge in [0.05, 0.1) is 0 Å². The zero-order valence-corrected chi connectivity index (χ0v) is 9.28. The quantitative estimate of drug-likeness (QED) is 0.651. The van der Waals surface area contributed by atoms with E-state index in [-0.39, 0.29) is 6.04 Å². The largest absolute Gasteiger partial charge is 0.480 e. The predicted octanol–water partition coefficient (Wildman–Crippen LogP) is 0.676. The van der Waals surface area contributed by atoms with Crippen LogP contribution in [0.2, 0.25) is 0 Å². The van der Waals surface area contributed by atoms with Gasteiger partial charge < -0.3 is 10.4 Å². The number of aliphatic carboxylic acids is 1. The van der Waals surface area contributed by atoms with Crippen molar-refractivity contribution in [2.75, 3.05) is 13.1 Å². The average molecular weight is 212 g/mol. The van der Waals surface area contributed by atoms with Crippen molar-refractivity contribution in [2.45, 2.75) is 50.7 Å². The van der Waals surface area contributed by atoms with Crippen molar-refractivity contribution in [3.63, 3.8) is 0 Å². The second-order valence-electron chi connectivity index (χ2n) is 4.65. The van der Waals surface area contributed by atoms with E-state index < -0.39 is 5.97 Å². The minimum atomic E-state index is -0.707. The molecule has 2 aliphatic carbocycles. The molecule has 2 N–H and O–H groups in total. The summed E-state index contributed by atoms with van der Waals surface area (Å²) in [5, 5.41) is 12.3. The van der Waals surface area contributed by atoms with E-state index in [9.17, 15) is 4.79 Å². The SMILES string of the molecule is CCN(CC(NC1CC1)C(=O)O)C1CC1. The molecule has 0 saturated heterocycles. The second kappa shape index (κ2) is 4.49. The molecule has 15 heavy (non-hydrogen) atoms. The van der Waals surface area contributed by atoms with Crippen LogP contribution >= 0.6 is 0 Å². The first kappa shape index (κ1) is 10.9. The number of likely N-dealkylation sites (N-methyl/N-ethyl adjacent to an activating group) is 1. The van der Waals surface area contributed by atoms with Crippen molar-refractivity contribution >= 4 is 5.97 Å². The summed E-state index contributed by atoms with van der Waals surface area (Å²) in [4.78, 5) is 13.4. The molecule has 0 heterocycles. The highest BCUT2D eigenvalue weighted by molar-refractivity contribution is 5.73. The van der Waals surface area contributed by atoms with Crippen LogP contribution in [0.25, 0.3) is 0 Å². The Morgan fingerprint density at radius 3 is 2.53 bits per heavy atom. The van der Waals surface area contributed by atoms with E-state index in [4.69, 9.17) is 5.11 Å². The molecule has 2 fully saturated rings. The van der Waals surface area contributed by atoms with Gasteiger partial charge in [-0.3, -0.25) is 9.69 Å². The topological polar surface area (TPSA) is 52.6 Å². The fourth-order valence-electron chi connectivity index (χ4n) is 1.95. The normalized spacial score (nSPS) is 23.1. The van der Waals surface area contributed by atoms with Crippen LogP contribution in [0.5, 0.6) is 0 Å². The van der Waals surface area contributed by atoms with Crippen LogP contribution in [0.1, 0.15) is 32.6 Å². The maximum Gasteiger partial charge on any atom is 0.322 e. The van der Waals surface area contributed by atoms with Crippen molar-refractivity contribution in [2.24, 2.45) is 0 Å². The first-order valence-corrected chi connectivity index (χ1v) is 5.93. The molecule has 0 aromatic rings. The Bertz CT molecular complexity index is 237. The molecule has 0 aromatic heterocycles. The van der Waals surface area contributed by atoms with Gasteiger partial charge in [0.25, 0.3) is 0 Å². The van der Waals surface area contributed by atoms with Crippen molar-refractivity contribution in [1.82, 2.24) is 10.2 Å². The van der Waals surface area contributed by atoms with E-state index in [0.717, 1.165) is 19.4 Å². The Morgan fingerprint density at radius 2 is 2.13 bits per heavy atom. The lowest BCUT2D eigenvalue weighted by Crippen LogP contribution is -2.47. The molecule has 0 aliphatic heterocycles. The van der Waals surface area contributed by atoms with Crippen LogP contribution in [0, 0.1) is 0 Å². The van der Waals surface area contributed by atoms with Crippen molar-refractivity contribution in [3.05, 3.63) is 0 Å². The zero-order chi connectivity index (χ0) is 10.8. The van der Waals surface area contributed by atoms with Crippen LogP contribution in [-0.2, 0) is 4.79 Å². The Labute approximate surface area is 90.6 Å². The van der Waals surface area contributed by atoms with Gasteiger partial charge in [-0.1, -0.05) is 6.92 Å². The summed E-state index contributed by atoms with van der Waals surface area (Å²) in [5.74, 6) is -0.707. The predicted molar refractivity (Wildman–Crippen MR) is 57.9 cm³/mol. The summed E-state index contributed by atoms with van der Waals surface area (Å²) < 4.78 is 0. The average Bonchev–Trinajstić information content (AvgIpc) is 3.01. The molecule has 2 aliphatic rings. The fourth-order valence-corrected chi connectivity index (χ4v) is 1.95. The van der Waals surface area contributed by atoms with Crippen LogP contribution in [0.4, 0.5) is 0 Å². The summed E-state index contributed by atoms with van der Waals surface area (Å²) in [7, 11) is 0. The molecule has 86 valence electrons. The van der Waals surface area contributed by atoms with Gasteiger partial charge in [-0.15, -0.1) is 0 Å². The molecule has 4 nitrogen and oxygen atoms in total. The number of carboxylic acid groups (broad SMARTS) is 1. The number of nitrogens with one attached hydrogen (secondary N) is 1. The molecular formula is C11H20N2O2. The van der Waals surface area contributed by atoms with Gasteiger partial charge in [-0.25, -0.2) is 0 Å². The lowest BCUT2D eigenvalue weighted by atomic mass is 10.2. The number of carboxylic acids is 1. The number of nitrogens with zero attached hydrogens (tertiary/aromatic N) is 1. The zero-order valence-electron chi connectivity index (χ0n) is 9.28. The Hall–Kier alpha value is -0.610. The van der Waals surface area contributed by atoms with Crippen LogP contribution < -0.4 is 5.32 Å². The number of hydrogen-bond donors (Lipinski definition) is 2. The third-order valence-corrected chi connectivity index (χ3v) is 3.20. The van der Waals surface area contributed by atoms with E-state index in [1.165, 1.54) is 12.8 Å². The Balaban J connectivity index is 1.82. The van der Waals surface area contributed by atoms with Gasteiger partial charge >= 0.3 is 5.97 Å². The molecule has 0 amide bonds. The third-order valence-electron chi connectivity index (χ3n) is 3.20. The van der Waals surface area contributed by atoms with E-state index in [2.05, 4.69) is 17.1 Å². The highest BCUT2D eigenvalue weighted by Gasteiger charge is 2.33. The van der Waals surface area contributed by atoms with E-state index in [0.29, 0.717) is 18.6 Å². The molecule has 0 spiro atoms. The standard InChI is InChI=1S/C11H20N2O2/c1-2-13(9-5-6-9)7-10(11(14)15)12-8-3-4-8/h8-10,12H,2-7H2,1H3,(H,14,15). The van der Waals surface area contributed by atoms with E-state index >= 15 is 0 Å². The highest BCUT2D eigenvalue weighted by Crippen LogP contribution is 2.27. The summed E-state index contributed by atoms with van der Waals surface area (Å²) in [6, 6.07) is 0.736. The summed E-state index contributed by atoms with van der Waals surface area (Å²) in [6.45, 7) is 3.72. The van der Waals surface area contributed by atoms with Crippen molar-refractivity contribution < 1.29 is 9.90 Å². The van der Waals surface area contributed by atoms with Gasteiger partial charge in [0.15, 0.2) is 0 Å². The fraction of sp³-hybridized carbons (Fsp3) is 0.909. The van der Waals surface area contributed by atoms with Gasteiger partial charge in [-0.05, 0) is 32.2 Å². The van der Waals surface area contributed by atoms with Crippen LogP contribution in [-0.4, -0.2) is 47.2 Å². The maximum atomic E-state index is 11.1. The first-order valence-electron chi connectivity index (χ1n) is 5.93. The first-order chi connectivity index (χ1) is 7.20. The minimum absolute atomic E-state index is 0.377. The lowest BCUT2D eigenvalue weighted by molar-refractivity contribution is -0.140. The molecular weight excluding hydrogens is 192 g/mol. The number of carbonyl (C=O) groups is 1. The van der Waals surface area contributed by atoms with Gasteiger partial charge in [0.2, 0.25) is 0 Å². The Kier molecular flexibility index (Phi) is 3.26. The molecule has 2 saturated carbocycles. The summed E-state index contributed by atoms with van der Waals surface area (Å²) in [6.07, 6.45) is 4.76. The molecule has 0 bridgehead atoms. The van der Waals surface area contributed by atoms with Gasteiger partial charge in [-0.2, -0.15) is 0 Å². The minimum Gasteiger partial charge on any atom is -0.480 e. The molecule has 1 atom stereocenters. The Morgan fingerprint density at radius 1 is 1.47 bits per heavy atom. The van der Waals surface area contributed by atoms with Crippen LogP contribution in [0.15, 0.2) is 0 Å². The van der Waals surface area contributed by atoms with E-state index in [1.807, 2.05) is 0 Å². The van der Waals surface area contributed by atoms with Gasteiger partial charge in [0, 0.05) is 18.6 Å². The smallest absolute Gasteiger partial charge is 0.322 e. The third kappa shape index (κ3) is 3.18. The highest BCUT2D eigenvalue weighted by atomic mass is 16.4. The molecule has 0 radical (unpaired) electrons. The number of hydrogen-bond acceptors (Lipinski definition) is 3. The molecule has 1 unspecified atom stereocenters. The molecule has 2 rings (SSSR count).